The zero-order valence-corrected chi connectivity index (χ0v) is 14.5. The van der Waals surface area contributed by atoms with E-state index in [1.54, 1.807) is 0 Å². The van der Waals surface area contributed by atoms with Crippen molar-refractivity contribution in [3.05, 3.63) is 17.0 Å². The highest BCUT2D eigenvalue weighted by Crippen LogP contribution is 2.23. The third-order valence-corrected chi connectivity index (χ3v) is 5.18. The number of piperidine rings is 1. The Morgan fingerprint density at radius 1 is 1.22 bits per heavy atom. The van der Waals surface area contributed by atoms with Crippen LogP contribution in [0.15, 0.2) is 0 Å². The molecule has 0 unspecified atom stereocenters. The summed E-state index contributed by atoms with van der Waals surface area (Å²) in [6, 6.07) is 0.313. The fourth-order valence-electron chi connectivity index (χ4n) is 3.77. The van der Waals surface area contributed by atoms with Gasteiger partial charge >= 0.3 is 0 Å². The van der Waals surface area contributed by atoms with E-state index in [2.05, 4.69) is 14.9 Å². The first-order chi connectivity index (χ1) is 11.1. The molecular formula is C17H28N4O2. The van der Waals surface area contributed by atoms with E-state index in [9.17, 15) is 4.79 Å². The molecule has 2 aliphatic heterocycles. The number of aromatic nitrogens is 2. The van der Waals surface area contributed by atoms with Crippen LogP contribution in [0.3, 0.4) is 0 Å². The van der Waals surface area contributed by atoms with E-state index >= 15 is 0 Å². The first-order valence-corrected chi connectivity index (χ1v) is 8.69. The first-order valence-electron chi connectivity index (χ1n) is 8.69. The summed E-state index contributed by atoms with van der Waals surface area (Å²) < 4.78 is 7.24. The smallest absolute Gasteiger partial charge is 0.257 e. The molecule has 2 saturated heterocycles. The van der Waals surface area contributed by atoms with Crippen LogP contribution >= 0.6 is 0 Å². The molecule has 0 spiro atoms. The summed E-state index contributed by atoms with van der Waals surface area (Å²) in [4.78, 5) is 17.7. The standard InChI is InChI=1S/C17H28N4O2/c1-13-16(14(2)19(3)18-13)17(22)21-7-5-4-6-15(21)12-20-8-10-23-11-9-20/h15H,4-12H2,1-3H3/t15-/m1/s1. The lowest BCUT2D eigenvalue weighted by molar-refractivity contribution is 0.0166. The SMILES string of the molecule is Cc1nn(C)c(C)c1C(=O)N1CCCC[C@@H]1CN1CCOCC1. The van der Waals surface area contributed by atoms with Gasteiger partial charge in [-0.3, -0.25) is 14.4 Å². The predicted molar refractivity (Wildman–Crippen MR) is 88.6 cm³/mol. The highest BCUT2D eigenvalue weighted by atomic mass is 16.5. The molecule has 1 amide bonds. The van der Waals surface area contributed by atoms with Crippen LogP contribution in [-0.4, -0.2) is 70.9 Å². The van der Waals surface area contributed by atoms with Gasteiger partial charge in [0, 0.05) is 45.0 Å². The van der Waals surface area contributed by atoms with Crippen LogP contribution in [0.4, 0.5) is 0 Å². The summed E-state index contributed by atoms with van der Waals surface area (Å²) in [7, 11) is 1.90. The van der Waals surface area contributed by atoms with E-state index in [1.165, 1.54) is 6.42 Å². The van der Waals surface area contributed by atoms with Gasteiger partial charge in [-0.25, -0.2) is 0 Å². The summed E-state index contributed by atoms with van der Waals surface area (Å²) in [6.07, 6.45) is 3.41. The summed E-state index contributed by atoms with van der Waals surface area (Å²) in [6.45, 7) is 9.31. The fourth-order valence-corrected chi connectivity index (χ4v) is 3.77. The van der Waals surface area contributed by atoms with Crippen LogP contribution < -0.4 is 0 Å². The van der Waals surface area contributed by atoms with Crippen LogP contribution in [0.2, 0.25) is 0 Å². The summed E-state index contributed by atoms with van der Waals surface area (Å²) in [5, 5.41) is 4.41. The molecule has 2 fully saturated rings. The van der Waals surface area contributed by atoms with Crippen molar-refractivity contribution in [3.63, 3.8) is 0 Å². The molecule has 0 aromatic carbocycles. The van der Waals surface area contributed by atoms with Crippen molar-refractivity contribution in [1.29, 1.82) is 0 Å². The van der Waals surface area contributed by atoms with E-state index in [-0.39, 0.29) is 5.91 Å². The maximum atomic E-state index is 13.1. The first kappa shape index (κ1) is 16.5. The average molecular weight is 320 g/mol. The quantitative estimate of drug-likeness (QED) is 0.844. The number of hydrogen-bond acceptors (Lipinski definition) is 4. The van der Waals surface area contributed by atoms with Crippen LogP contribution in [0.25, 0.3) is 0 Å². The Kier molecular flexibility index (Phi) is 5.02. The lowest BCUT2D eigenvalue weighted by Crippen LogP contribution is -2.51. The molecule has 1 atom stereocenters. The minimum atomic E-state index is 0.158. The lowest BCUT2D eigenvalue weighted by atomic mass is 9.99. The molecule has 0 N–H and O–H groups in total. The number of ether oxygens (including phenoxy) is 1. The summed E-state index contributed by atoms with van der Waals surface area (Å²) in [5.74, 6) is 0.158. The van der Waals surface area contributed by atoms with Crippen molar-refractivity contribution in [1.82, 2.24) is 19.6 Å². The zero-order chi connectivity index (χ0) is 16.4. The Bertz CT molecular complexity index is 563. The van der Waals surface area contributed by atoms with Crippen molar-refractivity contribution in [2.45, 2.75) is 39.2 Å². The largest absolute Gasteiger partial charge is 0.379 e. The minimum Gasteiger partial charge on any atom is -0.379 e. The van der Waals surface area contributed by atoms with Crippen molar-refractivity contribution >= 4 is 5.91 Å². The lowest BCUT2D eigenvalue weighted by Gasteiger charge is -2.39. The second-order valence-electron chi connectivity index (χ2n) is 6.73. The van der Waals surface area contributed by atoms with E-state index in [4.69, 9.17) is 4.74 Å². The Labute approximate surface area is 138 Å². The van der Waals surface area contributed by atoms with Crippen LogP contribution in [-0.2, 0) is 11.8 Å². The predicted octanol–water partition coefficient (Wildman–Crippen LogP) is 1.36. The maximum Gasteiger partial charge on any atom is 0.257 e. The van der Waals surface area contributed by atoms with E-state index in [0.29, 0.717) is 6.04 Å². The molecule has 2 aliphatic rings. The molecule has 0 aliphatic carbocycles. The molecular weight excluding hydrogens is 292 g/mol. The number of carbonyl (C=O) groups is 1. The number of hydrogen-bond donors (Lipinski definition) is 0. The normalized spacial score (nSPS) is 23.3. The molecule has 1 aromatic rings. The fraction of sp³-hybridized carbons (Fsp3) is 0.765. The zero-order valence-electron chi connectivity index (χ0n) is 14.5. The molecule has 128 valence electrons. The Hall–Kier alpha value is -1.40. The van der Waals surface area contributed by atoms with Crippen LogP contribution in [0, 0.1) is 13.8 Å². The van der Waals surface area contributed by atoms with Gasteiger partial charge in [0.1, 0.15) is 0 Å². The number of rotatable bonds is 3. The molecule has 3 heterocycles. The van der Waals surface area contributed by atoms with Crippen LogP contribution in [0.1, 0.15) is 41.0 Å². The molecule has 1 aromatic heterocycles. The third-order valence-electron chi connectivity index (χ3n) is 5.18. The number of morpholine rings is 1. The van der Waals surface area contributed by atoms with Crippen LogP contribution in [0.5, 0.6) is 0 Å². The van der Waals surface area contributed by atoms with Gasteiger partial charge in [0.05, 0.1) is 24.5 Å². The van der Waals surface area contributed by atoms with Gasteiger partial charge in [0.2, 0.25) is 0 Å². The second kappa shape index (κ2) is 7.01. The number of carbonyl (C=O) groups excluding carboxylic acids is 1. The molecule has 0 radical (unpaired) electrons. The molecule has 3 rings (SSSR count). The molecule has 0 bridgehead atoms. The van der Waals surface area contributed by atoms with Gasteiger partial charge in [-0.05, 0) is 33.1 Å². The van der Waals surface area contributed by atoms with Gasteiger partial charge in [-0.15, -0.1) is 0 Å². The van der Waals surface area contributed by atoms with Crippen molar-refractivity contribution < 1.29 is 9.53 Å². The Morgan fingerprint density at radius 3 is 2.61 bits per heavy atom. The van der Waals surface area contributed by atoms with E-state index in [1.807, 2.05) is 25.6 Å². The van der Waals surface area contributed by atoms with Gasteiger partial charge in [-0.2, -0.15) is 5.10 Å². The van der Waals surface area contributed by atoms with Crippen molar-refractivity contribution in [2.24, 2.45) is 7.05 Å². The average Bonchev–Trinajstić information content (AvgIpc) is 2.81. The summed E-state index contributed by atoms with van der Waals surface area (Å²) >= 11 is 0. The van der Waals surface area contributed by atoms with E-state index in [0.717, 1.165) is 69.2 Å². The Balaban J connectivity index is 1.76. The third kappa shape index (κ3) is 3.43. The van der Waals surface area contributed by atoms with Gasteiger partial charge in [0.25, 0.3) is 5.91 Å². The number of aryl methyl sites for hydroxylation is 2. The van der Waals surface area contributed by atoms with Gasteiger partial charge in [-0.1, -0.05) is 0 Å². The summed E-state index contributed by atoms with van der Waals surface area (Å²) in [5.41, 5.74) is 2.59. The van der Waals surface area contributed by atoms with Crippen molar-refractivity contribution in [3.8, 4) is 0 Å². The monoisotopic (exact) mass is 320 g/mol. The molecule has 23 heavy (non-hydrogen) atoms. The molecule has 6 heteroatoms. The number of nitrogens with zero attached hydrogens (tertiary/aromatic N) is 4. The second-order valence-corrected chi connectivity index (χ2v) is 6.73. The van der Waals surface area contributed by atoms with Crippen molar-refractivity contribution in [2.75, 3.05) is 39.4 Å². The maximum absolute atomic E-state index is 13.1. The minimum absolute atomic E-state index is 0.158. The highest BCUT2D eigenvalue weighted by Gasteiger charge is 2.31. The topological polar surface area (TPSA) is 50.6 Å². The molecule has 0 saturated carbocycles. The van der Waals surface area contributed by atoms with Gasteiger partial charge in [0.15, 0.2) is 0 Å². The number of amides is 1. The number of likely N-dealkylation sites (tertiary alicyclic amines) is 1. The molecule has 6 nitrogen and oxygen atoms in total. The van der Waals surface area contributed by atoms with E-state index < -0.39 is 0 Å². The Morgan fingerprint density at radius 2 is 1.96 bits per heavy atom. The highest BCUT2D eigenvalue weighted by molar-refractivity contribution is 5.96. The van der Waals surface area contributed by atoms with Gasteiger partial charge < -0.3 is 9.64 Å².